The van der Waals surface area contributed by atoms with Gasteiger partial charge in [-0.25, -0.2) is 18.7 Å². The summed E-state index contributed by atoms with van der Waals surface area (Å²) in [5.74, 6) is 0.390. The third kappa shape index (κ3) is 6.34. The molecule has 0 aliphatic carbocycles. The normalized spacial score (nSPS) is 14.0. The standard InChI is InChI=1S/C30H24ClF2N5O2S2/c31-23-14-28(42(39)37-29-17-41-18-36-29)24(33)15-26(23)40-27-16-35-25(20-5-4-6-21(32)11-20)13-22(27)19-7-8-34-30(12-19)38-9-2-1-3-10-38/h4-8,11-18,37H,1-3,9-10H2. The van der Waals surface area contributed by atoms with E-state index in [1.165, 1.54) is 42.2 Å². The van der Waals surface area contributed by atoms with Crippen LogP contribution in [0.2, 0.25) is 5.02 Å². The number of pyridine rings is 2. The lowest BCUT2D eigenvalue weighted by atomic mass is 10.0. The molecule has 6 rings (SSSR count). The van der Waals surface area contributed by atoms with Crippen molar-refractivity contribution in [3.05, 3.63) is 94.5 Å². The second kappa shape index (κ2) is 12.6. The Labute approximate surface area is 253 Å². The third-order valence-electron chi connectivity index (χ3n) is 6.76. The molecule has 2 aromatic carbocycles. The lowest BCUT2D eigenvalue weighted by molar-refractivity contribution is 0.473. The number of anilines is 2. The van der Waals surface area contributed by atoms with Crippen molar-refractivity contribution >= 4 is 45.9 Å². The summed E-state index contributed by atoms with van der Waals surface area (Å²) in [6.45, 7) is 1.84. The Morgan fingerprint density at radius 1 is 0.952 bits per heavy atom. The average molecular weight is 624 g/mol. The van der Waals surface area contributed by atoms with Crippen LogP contribution in [0.15, 0.2) is 82.8 Å². The summed E-state index contributed by atoms with van der Waals surface area (Å²) in [7, 11) is 0. The summed E-state index contributed by atoms with van der Waals surface area (Å²) in [5, 5.41) is 1.72. The lowest BCUT2D eigenvalue weighted by Crippen LogP contribution is -2.30. The van der Waals surface area contributed by atoms with Crippen molar-refractivity contribution in [2.45, 2.75) is 24.2 Å². The molecule has 42 heavy (non-hydrogen) atoms. The van der Waals surface area contributed by atoms with E-state index in [0.717, 1.165) is 43.4 Å². The first-order chi connectivity index (χ1) is 20.4. The molecule has 1 saturated heterocycles. The topological polar surface area (TPSA) is 86.2 Å². The second-order valence-electron chi connectivity index (χ2n) is 9.59. The maximum atomic E-state index is 15.2. The predicted molar refractivity (Wildman–Crippen MR) is 163 cm³/mol. The van der Waals surface area contributed by atoms with Crippen LogP contribution >= 0.6 is 22.9 Å². The van der Waals surface area contributed by atoms with Gasteiger partial charge in [0.2, 0.25) is 4.90 Å². The van der Waals surface area contributed by atoms with Crippen molar-refractivity contribution in [1.29, 1.82) is 0 Å². The second-order valence-corrected chi connectivity index (χ2v) is 11.9. The summed E-state index contributed by atoms with van der Waals surface area (Å²) in [6.07, 6.45) is 6.63. The Hall–Kier alpha value is -3.77. The number of rotatable bonds is 8. The summed E-state index contributed by atoms with van der Waals surface area (Å²) in [6, 6.07) is 14.1. The van der Waals surface area contributed by atoms with Crippen molar-refractivity contribution < 1.29 is 18.1 Å². The molecule has 7 nitrogen and oxygen atoms in total. The van der Waals surface area contributed by atoms with Crippen LogP contribution in [-0.2, 0) is 11.4 Å². The molecular formula is C30H24ClF2N5O2S2. The van der Waals surface area contributed by atoms with E-state index in [-0.39, 0.29) is 21.5 Å². The molecule has 1 fully saturated rings. The number of nitrogens with one attached hydrogen (secondary N) is 1. The molecule has 0 saturated carbocycles. The van der Waals surface area contributed by atoms with Gasteiger partial charge in [-0.1, -0.05) is 23.7 Å². The van der Waals surface area contributed by atoms with Crippen LogP contribution in [0.3, 0.4) is 0 Å². The van der Waals surface area contributed by atoms with E-state index in [4.69, 9.17) is 16.3 Å². The first-order valence-electron chi connectivity index (χ1n) is 13.2. The molecule has 0 spiro atoms. The molecule has 3 aromatic heterocycles. The number of benzene rings is 2. The number of nitrogens with zero attached hydrogens (tertiary/aromatic N) is 4. The number of piperidine rings is 1. The molecule has 0 amide bonds. The average Bonchev–Trinajstić information content (AvgIpc) is 3.52. The molecule has 12 heteroatoms. The highest BCUT2D eigenvalue weighted by Gasteiger charge is 2.23. The van der Waals surface area contributed by atoms with Gasteiger partial charge >= 0.3 is 0 Å². The van der Waals surface area contributed by atoms with Gasteiger partial charge in [0.1, 0.15) is 28.7 Å². The highest BCUT2D eigenvalue weighted by molar-refractivity contribution is 7.92. The molecule has 0 radical (unpaired) electrons. The zero-order valence-corrected chi connectivity index (χ0v) is 24.5. The highest BCUT2D eigenvalue weighted by atomic mass is 35.5. The maximum absolute atomic E-state index is 15.2. The summed E-state index contributed by atoms with van der Waals surface area (Å²) in [5.41, 5.74) is 4.13. The van der Waals surface area contributed by atoms with Crippen molar-refractivity contribution in [3.8, 4) is 33.9 Å². The fourth-order valence-electron chi connectivity index (χ4n) is 4.70. The van der Waals surface area contributed by atoms with Gasteiger partial charge in [-0.15, -0.1) is 11.3 Å². The number of hydrogen-bond acceptors (Lipinski definition) is 8. The van der Waals surface area contributed by atoms with Crippen molar-refractivity contribution in [3.63, 3.8) is 0 Å². The van der Waals surface area contributed by atoms with E-state index in [1.54, 1.807) is 35.3 Å². The van der Waals surface area contributed by atoms with Crippen LogP contribution in [-0.4, -0.2) is 32.6 Å². The van der Waals surface area contributed by atoms with Crippen molar-refractivity contribution in [2.24, 2.45) is 0 Å². The maximum Gasteiger partial charge on any atom is 0.217 e. The first-order valence-corrected chi connectivity index (χ1v) is 15.6. The summed E-state index contributed by atoms with van der Waals surface area (Å²) < 4.78 is 50.7. The number of thiazole rings is 1. The Bertz CT molecular complexity index is 1700. The lowest BCUT2D eigenvalue weighted by Gasteiger charge is -2.28. The van der Waals surface area contributed by atoms with E-state index in [9.17, 15) is 8.94 Å². The Balaban J connectivity index is 1.37. The van der Waals surface area contributed by atoms with Gasteiger partial charge in [-0.3, -0.25) is 4.98 Å². The SMILES string of the molecule is [O-][S+](Nc1cscn1)c1cc(Cl)c(Oc2cnc(-c3cccc(F)c3)cc2-c2ccnc(N3CCCCC3)c2)cc1F. The van der Waals surface area contributed by atoms with Crippen LogP contribution in [0, 0.1) is 11.6 Å². The minimum Gasteiger partial charge on any atom is -0.588 e. The smallest absolute Gasteiger partial charge is 0.217 e. The van der Waals surface area contributed by atoms with Crippen molar-refractivity contribution in [1.82, 2.24) is 15.0 Å². The Kier molecular flexibility index (Phi) is 8.52. The molecule has 1 atom stereocenters. The molecule has 4 heterocycles. The van der Waals surface area contributed by atoms with Crippen molar-refractivity contribution in [2.75, 3.05) is 22.7 Å². The molecule has 1 aliphatic heterocycles. The zero-order chi connectivity index (χ0) is 29.1. The Morgan fingerprint density at radius 2 is 1.81 bits per heavy atom. The van der Waals surface area contributed by atoms with Crippen LogP contribution in [0.5, 0.6) is 11.5 Å². The monoisotopic (exact) mass is 623 g/mol. The quantitative estimate of drug-likeness (QED) is 0.175. The van der Waals surface area contributed by atoms with Crippen LogP contribution < -0.4 is 14.4 Å². The molecule has 1 aliphatic rings. The predicted octanol–water partition coefficient (Wildman–Crippen LogP) is 8.12. The number of ether oxygens (including phenoxy) is 1. The summed E-state index contributed by atoms with van der Waals surface area (Å²) >= 11 is 5.89. The zero-order valence-electron chi connectivity index (χ0n) is 22.1. The number of aromatic nitrogens is 3. The minimum atomic E-state index is -1.93. The van der Waals surface area contributed by atoms with E-state index >= 15 is 4.39 Å². The third-order valence-corrected chi connectivity index (χ3v) is 8.75. The van der Waals surface area contributed by atoms with Gasteiger partial charge in [0.05, 0.1) is 22.4 Å². The van der Waals surface area contributed by atoms with Crippen LogP contribution in [0.25, 0.3) is 22.4 Å². The van der Waals surface area contributed by atoms with Crippen LogP contribution in [0.4, 0.5) is 20.4 Å². The molecule has 1 unspecified atom stereocenters. The van der Waals surface area contributed by atoms with E-state index in [2.05, 4.69) is 24.6 Å². The molecule has 0 bridgehead atoms. The van der Waals surface area contributed by atoms with Gasteiger partial charge in [-0.2, -0.15) is 4.72 Å². The minimum absolute atomic E-state index is 0.0236. The highest BCUT2D eigenvalue weighted by Crippen LogP contribution is 2.40. The fourth-order valence-corrected chi connectivity index (χ4v) is 6.40. The van der Waals surface area contributed by atoms with E-state index < -0.39 is 17.2 Å². The Morgan fingerprint density at radius 3 is 2.60 bits per heavy atom. The number of halogens is 3. The van der Waals surface area contributed by atoms with Gasteiger partial charge in [0.15, 0.2) is 17.4 Å². The molecule has 1 N–H and O–H groups in total. The van der Waals surface area contributed by atoms with E-state index in [1.807, 2.05) is 12.1 Å². The van der Waals surface area contributed by atoms with Gasteiger partial charge in [0.25, 0.3) is 0 Å². The molecule has 214 valence electrons. The van der Waals surface area contributed by atoms with Gasteiger partial charge in [-0.05, 0) is 55.2 Å². The first kappa shape index (κ1) is 28.4. The van der Waals surface area contributed by atoms with Crippen LogP contribution in [0.1, 0.15) is 19.3 Å². The number of hydrogen-bond donors (Lipinski definition) is 1. The molecule has 5 aromatic rings. The largest absolute Gasteiger partial charge is 0.588 e. The van der Waals surface area contributed by atoms with Gasteiger partial charge in [0, 0.05) is 47.9 Å². The molecular weight excluding hydrogens is 600 g/mol. The summed E-state index contributed by atoms with van der Waals surface area (Å²) in [4.78, 5) is 15.2. The van der Waals surface area contributed by atoms with Gasteiger partial charge < -0.3 is 14.2 Å². The van der Waals surface area contributed by atoms with E-state index in [0.29, 0.717) is 28.4 Å². The fraction of sp³-hybridized carbons (Fsp3) is 0.167.